The average molecular weight is 263 g/mol. The van der Waals surface area contributed by atoms with Crippen LogP contribution in [0, 0.1) is 0 Å². The minimum Gasteiger partial charge on any atom is -0.305 e. The second kappa shape index (κ2) is 5.24. The number of hydrogen-bond acceptors (Lipinski definition) is 3. The summed E-state index contributed by atoms with van der Waals surface area (Å²) >= 11 is 1.79. The van der Waals surface area contributed by atoms with Crippen molar-refractivity contribution in [1.29, 1.82) is 0 Å². The highest BCUT2D eigenvalue weighted by molar-refractivity contribution is 7.10. The molecule has 0 saturated heterocycles. The van der Waals surface area contributed by atoms with Gasteiger partial charge in [-0.1, -0.05) is 6.07 Å². The van der Waals surface area contributed by atoms with Gasteiger partial charge in [-0.3, -0.25) is 4.68 Å². The lowest BCUT2D eigenvalue weighted by Crippen LogP contribution is -2.22. The molecule has 2 rings (SSSR count). The zero-order valence-electron chi connectivity index (χ0n) is 11.5. The van der Waals surface area contributed by atoms with Gasteiger partial charge < -0.3 is 5.32 Å². The molecular formula is C14H21N3S. The molecule has 4 heteroatoms. The highest BCUT2D eigenvalue weighted by Crippen LogP contribution is 2.19. The molecule has 1 unspecified atom stereocenters. The SMILES string of the molecule is CC(NCc1cnn(C(C)(C)C)c1)c1cccs1. The number of nitrogens with zero attached hydrogens (tertiary/aromatic N) is 2. The van der Waals surface area contributed by atoms with Gasteiger partial charge in [-0.15, -0.1) is 11.3 Å². The molecule has 0 aliphatic heterocycles. The maximum atomic E-state index is 4.41. The normalized spacial score (nSPS) is 13.8. The van der Waals surface area contributed by atoms with Crippen LogP contribution in [0.25, 0.3) is 0 Å². The zero-order chi connectivity index (χ0) is 13.2. The summed E-state index contributed by atoms with van der Waals surface area (Å²) in [6.45, 7) is 9.53. The molecule has 18 heavy (non-hydrogen) atoms. The van der Waals surface area contributed by atoms with Crippen LogP contribution in [0.5, 0.6) is 0 Å². The standard InChI is InChI=1S/C14H21N3S/c1-11(13-6-5-7-18-13)15-8-12-9-16-17(10-12)14(2,3)4/h5-7,9-11,15H,8H2,1-4H3. The minimum atomic E-state index is 0.0532. The van der Waals surface area contributed by atoms with E-state index in [1.54, 1.807) is 11.3 Å². The first-order valence-corrected chi connectivity index (χ1v) is 7.15. The van der Waals surface area contributed by atoms with Crippen LogP contribution in [0.15, 0.2) is 29.9 Å². The van der Waals surface area contributed by atoms with Gasteiger partial charge in [0.25, 0.3) is 0 Å². The van der Waals surface area contributed by atoms with E-state index in [1.807, 2.05) is 10.9 Å². The molecule has 98 valence electrons. The summed E-state index contributed by atoms with van der Waals surface area (Å²) in [5.41, 5.74) is 1.28. The number of rotatable bonds is 4. The maximum absolute atomic E-state index is 4.41. The van der Waals surface area contributed by atoms with Crippen molar-refractivity contribution in [3.63, 3.8) is 0 Å². The van der Waals surface area contributed by atoms with Crippen LogP contribution in [-0.4, -0.2) is 9.78 Å². The Hall–Kier alpha value is -1.13. The Morgan fingerprint density at radius 1 is 1.44 bits per heavy atom. The largest absolute Gasteiger partial charge is 0.305 e. The van der Waals surface area contributed by atoms with E-state index in [1.165, 1.54) is 10.4 Å². The van der Waals surface area contributed by atoms with Gasteiger partial charge in [-0.05, 0) is 39.1 Å². The first kappa shape index (κ1) is 13.3. The van der Waals surface area contributed by atoms with Gasteiger partial charge >= 0.3 is 0 Å². The second-order valence-corrected chi connectivity index (χ2v) is 6.56. The van der Waals surface area contributed by atoms with Gasteiger partial charge in [0.1, 0.15) is 0 Å². The number of nitrogens with one attached hydrogen (secondary N) is 1. The van der Waals surface area contributed by atoms with Crippen molar-refractivity contribution < 1.29 is 0 Å². The van der Waals surface area contributed by atoms with Crippen LogP contribution < -0.4 is 5.32 Å². The van der Waals surface area contributed by atoms with Crippen molar-refractivity contribution in [2.24, 2.45) is 0 Å². The van der Waals surface area contributed by atoms with E-state index in [0.29, 0.717) is 6.04 Å². The third-order valence-electron chi connectivity index (χ3n) is 2.91. The molecular weight excluding hydrogens is 242 g/mol. The van der Waals surface area contributed by atoms with E-state index in [2.05, 4.69) is 61.8 Å². The van der Waals surface area contributed by atoms with Crippen molar-refractivity contribution in [3.05, 3.63) is 40.3 Å². The molecule has 0 amide bonds. The lowest BCUT2D eigenvalue weighted by atomic mass is 10.1. The predicted octanol–water partition coefficient (Wildman–Crippen LogP) is 3.55. The molecule has 1 atom stereocenters. The Balaban J connectivity index is 1.93. The first-order valence-electron chi connectivity index (χ1n) is 6.27. The number of aromatic nitrogens is 2. The summed E-state index contributed by atoms with van der Waals surface area (Å²) in [5.74, 6) is 0. The van der Waals surface area contributed by atoms with Crippen molar-refractivity contribution in [3.8, 4) is 0 Å². The first-order chi connectivity index (χ1) is 8.47. The Morgan fingerprint density at radius 2 is 2.22 bits per heavy atom. The van der Waals surface area contributed by atoms with E-state index in [4.69, 9.17) is 0 Å². The topological polar surface area (TPSA) is 29.9 Å². The van der Waals surface area contributed by atoms with Crippen LogP contribution >= 0.6 is 11.3 Å². The third-order valence-corrected chi connectivity index (χ3v) is 3.96. The maximum Gasteiger partial charge on any atom is 0.0543 e. The second-order valence-electron chi connectivity index (χ2n) is 5.58. The fourth-order valence-electron chi connectivity index (χ4n) is 1.73. The lowest BCUT2D eigenvalue weighted by molar-refractivity contribution is 0.355. The highest BCUT2D eigenvalue weighted by Gasteiger charge is 2.14. The quantitative estimate of drug-likeness (QED) is 0.914. The molecule has 0 bridgehead atoms. The Bertz CT molecular complexity index is 479. The Kier molecular flexibility index (Phi) is 3.88. The van der Waals surface area contributed by atoms with Crippen molar-refractivity contribution in [2.75, 3.05) is 0 Å². The monoisotopic (exact) mass is 263 g/mol. The molecule has 0 saturated carbocycles. The third kappa shape index (κ3) is 3.21. The molecule has 1 N–H and O–H groups in total. The summed E-state index contributed by atoms with van der Waals surface area (Å²) in [4.78, 5) is 1.37. The minimum absolute atomic E-state index is 0.0532. The number of thiophene rings is 1. The highest BCUT2D eigenvalue weighted by atomic mass is 32.1. The smallest absolute Gasteiger partial charge is 0.0543 e. The van der Waals surface area contributed by atoms with E-state index in [0.717, 1.165) is 6.54 Å². The van der Waals surface area contributed by atoms with Gasteiger partial charge in [0.15, 0.2) is 0 Å². The van der Waals surface area contributed by atoms with Crippen LogP contribution in [0.2, 0.25) is 0 Å². The summed E-state index contributed by atoms with van der Waals surface area (Å²) in [6, 6.07) is 4.65. The molecule has 0 radical (unpaired) electrons. The lowest BCUT2D eigenvalue weighted by Gasteiger charge is -2.18. The van der Waals surface area contributed by atoms with E-state index < -0.39 is 0 Å². The molecule has 0 aliphatic carbocycles. The van der Waals surface area contributed by atoms with E-state index in [-0.39, 0.29) is 5.54 Å². The summed E-state index contributed by atoms with van der Waals surface area (Å²) in [5, 5.41) is 10.0. The van der Waals surface area contributed by atoms with Crippen molar-refractivity contribution in [2.45, 2.75) is 45.8 Å². The number of hydrogen-bond donors (Lipinski definition) is 1. The van der Waals surface area contributed by atoms with Gasteiger partial charge in [0, 0.05) is 29.2 Å². The summed E-state index contributed by atoms with van der Waals surface area (Å²) < 4.78 is 2.01. The molecule has 0 spiro atoms. The molecule has 3 nitrogen and oxygen atoms in total. The average Bonchev–Trinajstić information content (AvgIpc) is 2.96. The van der Waals surface area contributed by atoms with Crippen molar-refractivity contribution >= 4 is 11.3 Å². The fraction of sp³-hybridized carbons (Fsp3) is 0.500. The zero-order valence-corrected chi connectivity index (χ0v) is 12.3. The van der Waals surface area contributed by atoms with Crippen LogP contribution in [0.4, 0.5) is 0 Å². The van der Waals surface area contributed by atoms with Crippen molar-refractivity contribution in [1.82, 2.24) is 15.1 Å². The fourth-order valence-corrected chi connectivity index (χ4v) is 2.49. The van der Waals surface area contributed by atoms with Gasteiger partial charge in [-0.25, -0.2) is 0 Å². The van der Waals surface area contributed by atoms with Crippen LogP contribution in [-0.2, 0) is 12.1 Å². The molecule has 2 aromatic rings. The van der Waals surface area contributed by atoms with Gasteiger partial charge in [-0.2, -0.15) is 5.10 Å². The Morgan fingerprint density at radius 3 is 2.78 bits per heavy atom. The Labute approximate surface area is 113 Å². The molecule has 0 fully saturated rings. The molecule has 0 aliphatic rings. The molecule has 2 heterocycles. The van der Waals surface area contributed by atoms with Crippen LogP contribution in [0.3, 0.4) is 0 Å². The van der Waals surface area contributed by atoms with E-state index >= 15 is 0 Å². The van der Waals surface area contributed by atoms with E-state index in [9.17, 15) is 0 Å². The molecule has 0 aromatic carbocycles. The van der Waals surface area contributed by atoms with Gasteiger partial charge in [0.2, 0.25) is 0 Å². The predicted molar refractivity (Wildman–Crippen MR) is 76.8 cm³/mol. The van der Waals surface area contributed by atoms with Gasteiger partial charge in [0.05, 0.1) is 11.7 Å². The summed E-state index contributed by atoms with van der Waals surface area (Å²) in [7, 11) is 0. The summed E-state index contributed by atoms with van der Waals surface area (Å²) in [6.07, 6.45) is 4.06. The molecule has 2 aromatic heterocycles. The van der Waals surface area contributed by atoms with Crippen LogP contribution in [0.1, 0.15) is 44.2 Å².